The average molecular weight is 243 g/mol. The van der Waals surface area contributed by atoms with Gasteiger partial charge in [0.25, 0.3) is 0 Å². The van der Waals surface area contributed by atoms with Gasteiger partial charge in [0.05, 0.1) is 0 Å². The third kappa shape index (κ3) is 2.15. The van der Waals surface area contributed by atoms with Crippen molar-refractivity contribution in [2.45, 2.75) is 26.8 Å². The fraction of sp³-hybridized carbons (Fsp3) is 0.333. The maximum absolute atomic E-state index is 3.44. The number of hydrogen-bond acceptors (Lipinski definition) is 2. The minimum absolute atomic E-state index is 1.05. The van der Waals surface area contributed by atoms with Crippen molar-refractivity contribution in [3.8, 4) is 10.4 Å². The molecule has 1 aromatic heterocycles. The summed E-state index contributed by atoms with van der Waals surface area (Å²) < 4.78 is 0. The Morgan fingerprint density at radius 1 is 1.06 bits per heavy atom. The van der Waals surface area contributed by atoms with Crippen LogP contribution in [0.1, 0.15) is 21.6 Å². The molecule has 1 aliphatic heterocycles. The molecule has 2 aromatic rings. The Balaban J connectivity index is 2.05. The first-order valence-electron chi connectivity index (χ1n) is 6.13. The summed E-state index contributed by atoms with van der Waals surface area (Å²) >= 11 is 1.94. The summed E-state index contributed by atoms with van der Waals surface area (Å²) in [7, 11) is 0. The summed E-state index contributed by atoms with van der Waals surface area (Å²) in [6.45, 7) is 6.51. The molecule has 0 radical (unpaired) electrons. The second-order valence-corrected chi connectivity index (χ2v) is 6.00. The summed E-state index contributed by atoms with van der Waals surface area (Å²) in [5, 5.41) is 3.44. The van der Waals surface area contributed by atoms with Gasteiger partial charge in [0.2, 0.25) is 0 Å². The van der Waals surface area contributed by atoms with Crippen LogP contribution < -0.4 is 5.32 Å². The van der Waals surface area contributed by atoms with Gasteiger partial charge in [0.15, 0.2) is 0 Å². The highest BCUT2D eigenvalue weighted by Gasteiger charge is 2.13. The van der Waals surface area contributed by atoms with Crippen LogP contribution in [0.4, 0.5) is 0 Å². The molecule has 0 spiro atoms. The van der Waals surface area contributed by atoms with Crippen molar-refractivity contribution >= 4 is 11.3 Å². The largest absolute Gasteiger partial charge is 0.312 e. The van der Waals surface area contributed by atoms with Crippen LogP contribution in [-0.2, 0) is 13.0 Å². The Kier molecular flexibility index (Phi) is 2.77. The Labute approximate surface area is 106 Å². The van der Waals surface area contributed by atoms with E-state index in [1.807, 2.05) is 11.3 Å². The summed E-state index contributed by atoms with van der Waals surface area (Å²) in [4.78, 5) is 2.94. The van der Waals surface area contributed by atoms with Crippen LogP contribution in [-0.4, -0.2) is 6.54 Å². The third-order valence-electron chi connectivity index (χ3n) is 3.26. The zero-order valence-electron chi connectivity index (χ0n) is 10.3. The zero-order chi connectivity index (χ0) is 11.8. The van der Waals surface area contributed by atoms with Gasteiger partial charge in [-0.2, -0.15) is 0 Å². The highest BCUT2D eigenvalue weighted by Crippen LogP contribution is 2.33. The number of hydrogen-bond donors (Lipinski definition) is 1. The number of aryl methyl sites for hydroxylation is 2. The fourth-order valence-corrected chi connectivity index (χ4v) is 3.68. The van der Waals surface area contributed by atoms with Crippen LogP contribution in [0.25, 0.3) is 10.4 Å². The van der Waals surface area contributed by atoms with Crippen molar-refractivity contribution < 1.29 is 0 Å². The lowest BCUT2D eigenvalue weighted by molar-refractivity contribution is 0.655. The van der Waals surface area contributed by atoms with E-state index < -0.39 is 0 Å². The van der Waals surface area contributed by atoms with Crippen LogP contribution in [0, 0.1) is 13.8 Å². The molecular formula is C15H17NS. The Morgan fingerprint density at radius 3 is 2.53 bits per heavy atom. The van der Waals surface area contributed by atoms with Crippen molar-refractivity contribution in [2.75, 3.05) is 6.54 Å². The third-order valence-corrected chi connectivity index (χ3v) is 4.49. The highest BCUT2D eigenvalue weighted by molar-refractivity contribution is 7.15. The van der Waals surface area contributed by atoms with Gasteiger partial charge < -0.3 is 5.32 Å². The van der Waals surface area contributed by atoms with Crippen LogP contribution in [0.3, 0.4) is 0 Å². The molecule has 0 saturated carbocycles. The molecule has 0 fully saturated rings. The second-order valence-electron chi connectivity index (χ2n) is 4.86. The van der Waals surface area contributed by atoms with E-state index in [1.54, 1.807) is 5.56 Å². The van der Waals surface area contributed by atoms with E-state index in [-0.39, 0.29) is 0 Å². The molecule has 2 heteroatoms. The minimum Gasteiger partial charge on any atom is -0.312 e. The molecule has 1 nitrogen and oxygen atoms in total. The molecule has 0 atom stereocenters. The molecule has 3 rings (SSSR count). The van der Waals surface area contributed by atoms with E-state index >= 15 is 0 Å². The van der Waals surface area contributed by atoms with Crippen LogP contribution >= 0.6 is 11.3 Å². The number of fused-ring (bicyclic) bond motifs is 1. The maximum atomic E-state index is 3.44. The predicted octanol–water partition coefficient (Wildman–Crippen LogP) is 3.68. The van der Waals surface area contributed by atoms with Gasteiger partial charge >= 0.3 is 0 Å². The van der Waals surface area contributed by atoms with E-state index in [1.165, 1.54) is 32.9 Å². The summed E-state index contributed by atoms with van der Waals surface area (Å²) in [5.74, 6) is 0. The predicted molar refractivity (Wildman–Crippen MR) is 74.6 cm³/mol. The molecule has 0 saturated heterocycles. The molecule has 0 aliphatic carbocycles. The molecule has 0 unspecified atom stereocenters. The highest BCUT2D eigenvalue weighted by atomic mass is 32.1. The van der Waals surface area contributed by atoms with Crippen molar-refractivity contribution in [3.63, 3.8) is 0 Å². The van der Waals surface area contributed by atoms with Crippen molar-refractivity contribution in [3.05, 3.63) is 45.8 Å². The van der Waals surface area contributed by atoms with E-state index in [0.717, 1.165) is 13.1 Å². The molecular weight excluding hydrogens is 226 g/mol. The van der Waals surface area contributed by atoms with E-state index in [9.17, 15) is 0 Å². The quantitative estimate of drug-likeness (QED) is 0.805. The SMILES string of the molecule is Cc1cc(C)cc(-c2cc3c(s2)CNCC3)c1. The minimum atomic E-state index is 1.05. The molecule has 2 heterocycles. The zero-order valence-corrected chi connectivity index (χ0v) is 11.2. The second kappa shape index (κ2) is 4.28. The van der Waals surface area contributed by atoms with Gasteiger partial charge in [-0.05, 0) is 44.0 Å². The molecule has 1 aromatic carbocycles. The number of benzene rings is 1. The lowest BCUT2D eigenvalue weighted by atomic mass is 10.0. The lowest BCUT2D eigenvalue weighted by Crippen LogP contribution is -2.21. The van der Waals surface area contributed by atoms with E-state index in [2.05, 4.69) is 43.4 Å². The van der Waals surface area contributed by atoms with Crippen LogP contribution in [0.15, 0.2) is 24.3 Å². The first-order chi connectivity index (χ1) is 8.22. The summed E-state index contributed by atoms with van der Waals surface area (Å²) in [6.07, 6.45) is 1.18. The first-order valence-corrected chi connectivity index (χ1v) is 6.95. The van der Waals surface area contributed by atoms with Crippen molar-refractivity contribution in [1.29, 1.82) is 0 Å². The maximum Gasteiger partial charge on any atom is 0.0349 e. The number of rotatable bonds is 1. The van der Waals surface area contributed by atoms with E-state index in [0.29, 0.717) is 0 Å². The number of nitrogens with one attached hydrogen (secondary N) is 1. The summed E-state index contributed by atoms with van der Waals surface area (Å²) in [5.41, 5.74) is 5.62. The molecule has 17 heavy (non-hydrogen) atoms. The van der Waals surface area contributed by atoms with Gasteiger partial charge in [0, 0.05) is 16.3 Å². The Morgan fingerprint density at radius 2 is 1.82 bits per heavy atom. The van der Waals surface area contributed by atoms with Gasteiger partial charge in [-0.25, -0.2) is 0 Å². The topological polar surface area (TPSA) is 12.0 Å². The molecule has 88 valence electrons. The van der Waals surface area contributed by atoms with Crippen LogP contribution in [0.2, 0.25) is 0 Å². The van der Waals surface area contributed by atoms with Gasteiger partial charge in [-0.15, -0.1) is 11.3 Å². The molecule has 0 bridgehead atoms. The molecule has 1 N–H and O–H groups in total. The Hall–Kier alpha value is -1.12. The van der Waals surface area contributed by atoms with Crippen LogP contribution in [0.5, 0.6) is 0 Å². The van der Waals surface area contributed by atoms with Crippen molar-refractivity contribution in [1.82, 2.24) is 5.32 Å². The molecule has 1 aliphatic rings. The lowest BCUT2D eigenvalue weighted by Gasteiger charge is -2.10. The summed E-state index contributed by atoms with van der Waals surface area (Å²) in [6, 6.07) is 9.20. The normalized spacial score (nSPS) is 14.7. The molecule has 0 amide bonds. The van der Waals surface area contributed by atoms with Gasteiger partial charge in [-0.3, -0.25) is 0 Å². The standard InChI is InChI=1S/C15H17NS/c1-10-5-11(2)7-13(6-10)14-8-12-3-4-16-9-15(12)17-14/h5-8,16H,3-4,9H2,1-2H3. The van der Waals surface area contributed by atoms with E-state index in [4.69, 9.17) is 0 Å². The van der Waals surface area contributed by atoms with Gasteiger partial charge in [-0.1, -0.05) is 29.3 Å². The van der Waals surface area contributed by atoms with Crippen molar-refractivity contribution in [2.24, 2.45) is 0 Å². The van der Waals surface area contributed by atoms with Gasteiger partial charge in [0.1, 0.15) is 0 Å². The fourth-order valence-electron chi connectivity index (χ4n) is 2.51. The Bertz CT molecular complexity index is 510. The monoisotopic (exact) mass is 243 g/mol. The number of thiophene rings is 1. The average Bonchev–Trinajstić information content (AvgIpc) is 2.71. The smallest absolute Gasteiger partial charge is 0.0349 e. The first kappa shape index (κ1) is 11.0.